The molecule has 0 heterocycles. The molecule has 0 amide bonds. The lowest BCUT2D eigenvalue weighted by atomic mass is 10.3. The number of nitrogens with one attached hydrogen (secondary N) is 1. The van der Waals surface area contributed by atoms with Crippen LogP contribution in [-0.2, 0) is 0 Å². The maximum atomic E-state index is 13.2. The van der Waals surface area contributed by atoms with Gasteiger partial charge in [-0.05, 0) is 12.1 Å². The monoisotopic (exact) mass is 257 g/mol. The minimum Gasteiger partial charge on any atom is -0.382 e. The van der Waals surface area contributed by atoms with E-state index in [2.05, 4.69) is 5.32 Å². The van der Waals surface area contributed by atoms with Crippen molar-refractivity contribution in [2.45, 2.75) is 12.3 Å². The molecule has 1 aromatic carbocycles. The molecule has 90 valence electrons. The molecular formula is C9H8ClF4NO. The van der Waals surface area contributed by atoms with Crippen LogP contribution in [0.5, 0.6) is 0 Å². The third-order valence-electron chi connectivity index (χ3n) is 1.82. The summed E-state index contributed by atoms with van der Waals surface area (Å²) in [6, 6.07) is 3.88. The number of benzene rings is 1. The van der Waals surface area contributed by atoms with Crippen LogP contribution < -0.4 is 5.32 Å². The number of halogens is 5. The molecule has 0 bridgehead atoms. The van der Waals surface area contributed by atoms with Gasteiger partial charge in [-0.2, -0.15) is 13.2 Å². The van der Waals surface area contributed by atoms with Crippen molar-refractivity contribution in [3.8, 4) is 0 Å². The molecule has 0 aliphatic heterocycles. The predicted octanol–water partition coefficient (Wildman–Crippen LogP) is 2.81. The van der Waals surface area contributed by atoms with E-state index in [4.69, 9.17) is 16.7 Å². The Morgan fingerprint density at radius 3 is 2.56 bits per heavy atom. The maximum absolute atomic E-state index is 13.2. The molecule has 0 aliphatic carbocycles. The van der Waals surface area contributed by atoms with E-state index in [1.807, 2.05) is 0 Å². The summed E-state index contributed by atoms with van der Waals surface area (Å²) in [7, 11) is 0. The number of hydrogen-bond acceptors (Lipinski definition) is 2. The van der Waals surface area contributed by atoms with Crippen LogP contribution in [0, 0.1) is 5.82 Å². The van der Waals surface area contributed by atoms with Crippen LogP contribution >= 0.6 is 11.6 Å². The molecule has 7 heteroatoms. The van der Waals surface area contributed by atoms with Crippen LogP contribution in [0.1, 0.15) is 0 Å². The van der Waals surface area contributed by atoms with E-state index in [1.165, 1.54) is 18.2 Å². The van der Waals surface area contributed by atoms with Gasteiger partial charge < -0.3 is 10.4 Å². The number of alkyl halides is 3. The van der Waals surface area contributed by atoms with E-state index in [0.717, 1.165) is 0 Å². The maximum Gasteiger partial charge on any atom is 0.416 e. The van der Waals surface area contributed by atoms with Gasteiger partial charge in [0.05, 0.1) is 10.7 Å². The summed E-state index contributed by atoms with van der Waals surface area (Å²) in [6.07, 6.45) is -7.28. The van der Waals surface area contributed by atoms with Crippen LogP contribution in [0.25, 0.3) is 0 Å². The van der Waals surface area contributed by atoms with Gasteiger partial charge in [-0.1, -0.05) is 17.7 Å². The Morgan fingerprint density at radius 1 is 1.38 bits per heavy atom. The molecule has 0 aromatic heterocycles. The van der Waals surface area contributed by atoms with Crippen LogP contribution in [0.3, 0.4) is 0 Å². The molecule has 16 heavy (non-hydrogen) atoms. The Morgan fingerprint density at radius 2 is 2.00 bits per heavy atom. The Kier molecular flexibility index (Phi) is 3.98. The van der Waals surface area contributed by atoms with E-state index < -0.39 is 24.6 Å². The highest BCUT2D eigenvalue weighted by atomic mass is 35.5. The van der Waals surface area contributed by atoms with Gasteiger partial charge in [-0.15, -0.1) is 0 Å². The van der Waals surface area contributed by atoms with Crippen molar-refractivity contribution in [3.63, 3.8) is 0 Å². The Hall–Kier alpha value is -1.01. The zero-order valence-corrected chi connectivity index (χ0v) is 8.61. The lowest BCUT2D eigenvalue weighted by molar-refractivity contribution is -0.198. The molecule has 1 atom stereocenters. The molecule has 0 radical (unpaired) electrons. The molecule has 0 spiro atoms. The molecule has 1 aromatic rings. The number of hydrogen-bond donors (Lipinski definition) is 2. The first kappa shape index (κ1) is 13.1. The van der Waals surface area contributed by atoms with Gasteiger partial charge in [0.25, 0.3) is 0 Å². The lowest BCUT2D eigenvalue weighted by Crippen LogP contribution is -2.35. The lowest BCUT2D eigenvalue weighted by Gasteiger charge is -2.16. The molecule has 0 saturated heterocycles. The van der Waals surface area contributed by atoms with Crippen molar-refractivity contribution < 1.29 is 22.7 Å². The van der Waals surface area contributed by atoms with Crippen molar-refractivity contribution in [1.82, 2.24) is 0 Å². The summed E-state index contributed by atoms with van der Waals surface area (Å²) in [5.74, 6) is -0.849. The summed E-state index contributed by atoms with van der Waals surface area (Å²) in [4.78, 5) is 0. The third kappa shape index (κ3) is 3.24. The summed E-state index contributed by atoms with van der Waals surface area (Å²) in [6.45, 7) is -0.833. The second kappa shape index (κ2) is 4.88. The topological polar surface area (TPSA) is 32.3 Å². The van der Waals surface area contributed by atoms with Crippen LogP contribution in [0.2, 0.25) is 5.02 Å². The second-order valence-electron chi connectivity index (χ2n) is 3.04. The van der Waals surface area contributed by atoms with Crippen LogP contribution in [-0.4, -0.2) is 23.9 Å². The Bertz CT molecular complexity index is 369. The standard InChI is InChI=1S/C9H8ClF4NO/c10-5-2-1-3-6(8(5)11)15-4-7(16)9(12,13)14/h1-3,7,15-16H,4H2. The fourth-order valence-corrected chi connectivity index (χ4v) is 1.14. The van der Waals surface area contributed by atoms with Crippen LogP contribution in [0.15, 0.2) is 18.2 Å². The van der Waals surface area contributed by atoms with Gasteiger partial charge in [0.2, 0.25) is 0 Å². The molecule has 2 nitrogen and oxygen atoms in total. The minimum atomic E-state index is -4.73. The normalized spacial score (nSPS) is 13.6. The molecule has 2 N–H and O–H groups in total. The van der Waals surface area contributed by atoms with Crippen LogP contribution in [0.4, 0.5) is 23.2 Å². The van der Waals surface area contributed by atoms with E-state index in [-0.39, 0.29) is 10.7 Å². The predicted molar refractivity (Wildman–Crippen MR) is 52.0 cm³/mol. The third-order valence-corrected chi connectivity index (χ3v) is 2.11. The summed E-state index contributed by atoms with van der Waals surface area (Å²) < 4.78 is 49.0. The molecule has 0 saturated carbocycles. The average Bonchev–Trinajstić information content (AvgIpc) is 2.18. The molecule has 0 fully saturated rings. The van der Waals surface area contributed by atoms with Gasteiger partial charge in [0.15, 0.2) is 11.9 Å². The summed E-state index contributed by atoms with van der Waals surface area (Å²) in [5, 5.41) is 10.6. The Balaban J connectivity index is 2.65. The quantitative estimate of drug-likeness (QED) is 0.816. The first-order valence-corrected chi connectivity index (χ1v) is 4.63. The number of aliphatic hydroxyl groups is 1. The van der Waals surface area contributed by atoms with Crippen molar-refractivity contribution >= 4 is 17.3 Å². The van der Waals surface area contributed by atoms with E-state index in [0.29, 0.717) is 0 Å². The average molecular weight is 258 g/mol. The van der Waals surface area contributed by atoms with E-state index in [1.54, 1.807) is 0 Å². The van der Waals surface area contributed by atoms with Crippen molar-refractivity contribution in [2.75, 3.05) is 11.9 Å². The van der Waals surface area contributed by atoms with Gasteiger partial charge in [-0.3, -0.25) is 0 Å². The zero-order chi connectivity index (χ0) is 12.3. The highest BCUT2D eigenvalue weighted by molar-refractivity contribution is 6.31. The first-order chi connectivity index (χ1) is 7.32. The van der Waals surface area contributed by atoms with Crippen molar-refractivity contribution in [2.24, 2.45) is 0 Å². The molecular weight excluding hydrogens is 250 g/mol. The number of anilines is 1. The molecule has 1 unspecified atom stereocenters. The van der Waals surface area contributed by atoms with Gasteiger partial charge in [-0.25, -0.2) is 4.39 Å². The summed E-state index contributed by atoms with van der Waals surface area (Å²) in [5.41, 5.74) is -0.184. The van der Waals surface area contributed by atoms with Gasteiger partial charge in [0, 0.05) is 6.54 Å². The largest absolute Gasteiger partial charge is 0.416 e. The van der Waals surface area contributed by atoms with E-state index >= 15 is 0 Å². The SMILES string of the molecule is OC(CNc1cccc(Cl)c1F)C(F)(F)F. The highest BCUT2D eigenvalue weighted by Gasteiger charge is 2.37. The minimum absolute atomic E-state index is 0.184. The van der Waals surface area contributed by atoms with E-state index in [9.17, 15) is 17.6 Å². The van der Waals surface area contributed by atoms with Crippen molar-refractivity contribution in [3.05, 3.63) is 29.0 Å². The number of aliphatic hydroxyl groups excluding tert-OH is 1. The smallest absolute Gasteiger partial charge is 0.382 e. The zero-order valence-electron chi connectivity index (χ0n) is 7.85. The number of rotatable bonds is 3. The first-order valence-electron chi connectivity index (χ1n) is 4.25. The van der Waals surface area contributed by atoms with Gasteiger partial charge in [0.1, 0.15) is 0 Å². The Labute approximate surface area is 93.8 Å². The fourth-order valence-electron chi connectivity index (χ4n) is 0.963. The highest BCUT2D eigenvalue weighted by Crippen LogP contribution is 2.24. The van der Waals surface area contributed by atoms with Crippen molar-refractivity contribution in [1.29, 1.82) is 0 Å². The molecule has 1 rings (SSSR count). The summed E-state index contributed by atoms with van der Waals surface area (Å²) >= 11 is 5.42. The van der Waals surface area contributed by atoms with Gasteiger partial charge >= 0.3 is 6.18 Å². The fraction of sp³-hybridized carbons (Fsp3) is 0.333. The second-order valence-corrected chi connectivity index (χ2v) is 3.45. The molecule has 0 aliphatic rings.